The Bertz CT molecular complexity index is 1090. The lowest BCUT2D eigenvalue weighted by atomic mass is 10.1. The highest BCUT2D eigenvalue weighted by atomic mass is 16.5. The van der Waals surface area contributed by atoms with Gasteiger partial charge in [0.05, 0.1) is 21.3 Å². The van der Waals surface area contributed by atoms with E-state index >= 15 is 0 Å². The predicted octanol–water partition coefficient (Wildman–Crippen LogP) is 3.23. The predicted molar refractivity (Wildman–Crippen MR) is 108 cm³/mol. The van der Waals surface area contributed by atoms with Crippen molar-refractivity contribution in [3.05, 3.63) is 71.5 Å². The highest BCUT2D eigenvalue weighted by Crippen LogP contribution is 2.35. The monoisotopic (exact) mass is 407 g/mol. The average Bonchev–Trinajstić information content (AvgIpc) is 3.27. The van der Waals surface area contributed by atoms with Gasteiger partial charge >= 0.3 is 0 Å². The SMILES string of the molecule is COc1cc(OC)c(OC)cc1/C=C/C(=O)c1ccc(-c2ccc(C(=O)[O-])o2)cc1. The highest BCUT2D eigenvalue weighted by molar-refractivity contribution is 6.07. The third kappa shape index (κ3) is 4.35. The number of carbonyl (C=O) groups excluding carboxylic acids is 2. The van der Waals surface area contributed by atoms with Crippen LogP contribution in [0.5, 0.6) is 17.2 Å². The minimum atomic E-state index is -1.39. The maximum atomic E-state index is 12.5. The fourth-order valence-electron chi connectivity index (χ4n) is 2.85. The lowest BCUT2D eigenvalue weighted by Gasteiger charge is -2.12. The molecule has 0 N–H and O–H groups in total. The Labute approximate surface area is 173 Å². The van der Waals surface area contributed by atoms with E-state index in [0.717, 1.165) is 0 Å². The summed E-state index contributed by atoms with van der Waals surface area (Å²) in [6, 6.07) is 12.9. The van der Waals surface area contributed by atoms with Crippen molar-refractivity contribution in [3.63, 3.8) is 0 Å². The number of carbonyl (C=O) groups is 2. The fourth-order valence-corrected chi connectivity index (χ4v) is 2.85. The molecule has 0 aliphatic carbocycles. The summed E-state index contributed by atoms with van der Waals surface area (Å²) < 4.78 is 21.1. The number of ether oxygens (including phenoxy) is 3. The number of hydrogen-bond acceptors (Lipinski definition) is 7. The van der Waals surface area contributed by atoms with Gasteiger partial charge in [-0.05, 0) is 30.4 Å². The van der Waals surface area contributed by atoms with Crippen LogP contribution in [0, 0.1) is 0 Å². The molecule has 0 aliphatic heterocycles. The molecule has 0 fully saturated rings. The molecule has 0 atom stereocenters. The van der Waals surface area contributed by atoms with Crippen molar-refractivity contribution in [1.82, 2.24) is 0 Å². The molecular weight excluding hydrogens is 388 g/mol. The van der Waals surface area contributed by atoms with Gasteiger partial charge in [-0.3, -0.25) is 4.79 Å². The average molecular weight is 407 g/mol. The third-order valence-electron chi connectivity index (χ3n) is 4.41. The second-order valence-corrected chi connectivity index (χ2v) is 6.18. The van der Waals surface area contributed by atoms with Crippen molar-refractivity contribution in [3.8, 4) is 28.6 Å². The number of ketones is 1. The minimum Gasteiger partial charge on any atom is -0.542 e. The van der Waals surface area contributed by atoms with Crippen LogP contribution in [-0.4, -0.2) is 33.1 Å². The molecule has 0 saturated heterocycles. The maximum absolute atomic E-state index is 12.5. The summed E-state index contributed by atoms with van der Waals surface area (Å²) in [5, 5.41) is 10.8. The van der Waals surface area contributed by atoms with E-state index in [2.05, 4.69) is 0 Å². The zero-order valence-electron chi connectivity index (χ0n) is 16.6. The van der Waals surface area contributed by atoms with Crippen molar-refractivity contribution in [2.24, 2.45) is 0 Å². The molecule has 0 radical (unpaired) electrons. The van der Waals surface area contributed by atoms with Crippen LogP contribution < -0.4 is 19.3 Å². The Balaban J connectivity index is 1.80. The van der Waals surface area contributed by atoms with Crippen LogP contribution >= 0.6 is 0 Å². The lowest BCUT2D eigenvalue weighted by molar-refractivity contribution is -0.257. The Hall–Kier alpha value is -4.00. The van der Waals surface area contributed by atoms with Gasteiger partial charge in [-0.15, -0.1) is 0 Å². The quantitative estimate of drug-likeness (QED) is 0.418. The van der Waals surface area contributed by atoms with Gasteiger partial charge in [0.2, 0.25) is 0 Å². The first kappa shape index (κ1) is 20.7. The molecule has 1 aromatic heterocycles. The highest BCUT2D eigenvalue weighted by Gasteiger charge is 2.11. The van der Waals surface area contributed by atoms with Crippen molar-refractivity contribution in [2.75, 3.05) is 21.3 Å². The summed E-state index contributed by atoms with van der Waals surface area (Å²) in [6.07, 6.45) is 3.07. The van der Waals surface area contributed by atoms with Crippen molar-refractivity contribution >= 4 is 17.8 Å². The number of allylic oxidation sites excluding steroid dienone is 1. The molecule has 7 heteroatoms. The maximum Gasteiger partial charge on any atom is 0.185 e. The molecule has 1 heterocycles. The third-order valence-corrected chi connectivity index (χ3v) is 4.41. The van der Waals surface area contributed by atoms with E-state index in [1.54, 1.807) is 42.5 Å². The van der Waals surface area contributed by atoms with E-state index in [9.17, 15) is 14.7 Å². The minimum absolute atomic E-state index is 0.215. The largest absolute Gasteiger partial charge is 0.542 e. The zero-order valence-corrected chi connectivity index (χ0v) is 16.6. The van der Waals surface area contributed by atoms with E-state index in [1.807, 2.05) is 0 Å². The molecule has 0 amide bonds. The molecule has 30 heavy (non-hydrogen) atoms. The second kappa shape index (κ2) is 9.00. The Morgan fingerprint density at radius 1 is 0.867 bits per heavy atom. The van der Waals surface area contributed by atoms with Gasteiger partial charge in [-0.25, -0.2) is 0 Å². The van der Waals surface area contributed by atoms with Gasteiger partial charge in [0, 0.05) is 22.8 Å². The summed E-state index contributed by atoms with van der Waals surface area (Å²) in [4.78, 5) is 23.4. The van der Waals surface area contributed by atoms with Gasteiger partial charge in [0.25, 0.3) is 0 Å². The summed E-state index contributed by atoms with van der Waals surface area (Å²) >= 11 is 0. The molecule has 154 valence electrons. The number of carboxylic acid groups (broad SMARTS) is 1. The molecule has 3 aromatic rings. The number of aromatic carboxylic acids is 1. The van der Waals surface area contributed by atoms with Crippen molar-refractivity contribution in [2.45, 2.75) is 0 Å². The van der Waals surface area contributed by atoms with Crippen LogP contribution in [0.15, 0.2) is 59.0 Å². The van der Waals surface area contributed by atoms with E-state index < -0.39 is 5.97 Å². The molecule has 0 spiro atoms. The molecule has 7 nitrogen and oxygen atoms in total. The molecule has 0 aliphatic rings. The Morgan fingerprint density at radius 3 is 2.07 bits per heavy atom. The first-order chi connectivity index (χ1) is 14.5. The van der Waals surface area contributed by atoms with Gasteiger partial charge in [0.1, 0.15) is 23.2 Å². The first-order valence-electron chi connectivity index (χ1n) is 8.91. The zero-order chi connectivity index (χ0) is 21.7. The lowest BCUT2D eigenvalue weighted by Crippen LogP contribution is -2.21. The summed E-state index contributed by atoms with van der Waals surface area (Å²) in [5.41, 5.74) is 1.76. The summed E-state index contributed by atoms with van der Waals surface area (Å²) in [6.45, 7) is 0. The van der Waals surface area contributed by atoms with Crippen molar-refractivity contribution < 1.29 is 33.3 Å². The summed E-state index contributed by atoms with van der Waals surface area (Å²) in [5.74, 6) is 0.0960. The van der Waals surface area contributed by atoms with Gasteiger partial charge in [-0.1, -0.05) is 24.3 Å². The van der Waals surface area contributed by atoms with Crippen LogP contribution in [0.1, 0.15) is 26.5 Å². The van der Waals surface area contributed by atoms with Gasteiger partial charge in [-0.2, -0.15) is 0 Å². The smallest absolute Gasteiger partial charge is 0.185 e. The first-order valence-corrected chi connectivity index (χ1v) is 8.91. The fraction of sp³-hybridized carbons (Fsp3) is 0.130. The van der Waals surface area contributed by atoms with Crippen LogP contribution in [0.4, 0.5) is 0 Å². The molecule has 0 saturated carbocycles. The Kier molecular flexibility index (Phi) is 6.22. The van der Waals surface area contributed by atoms with Crippen LogP contribution in [0.3, 0.4) is 0 Å². The number of methoxy groups -OCH3 is 3. The Morgan fingerprint density at radius 2 is 1.50 bits per heavy atom. The number of carboxylic acids is 1. The number of rotatable bonds is 8. The van der Waals surface area contributed by atoms with Gasteiger partial charge < -0.3 is 28.5 Å². The molecule has 3 rings (SSSR count). The molecule has 0 bridgehead atoms. The standard InChI is InChI=1S/C23H20O7/c1-27-20-13-22(29-3)21(28-2)12-16(20)8-9-17(24)14-4-6-15(7-5-14)18-10-11-19(30-18)23(25)26/h4-13H,1-3H3,(H,25,26)/p-1/b9-8+. The van der Waals surface area contributed by atoms with Crippen molar-refractivity contribution in [1.29, 1.82) is 0 Å². The normalized spacial score (nSPS) is 10.8. The van der Waals surface area contributed by atoms with E-state index in [1.165, 1.54) is 39.5 Å². The van der Waals surface area contributed by atoms with Crippen LogP contribution in [0.2, 0.25) is 0 Å². The van der Waals surface area contributed by atoms with E-state index in [0.29, 0.717) is 39.7 Å². The molecule has 0 unspecified atom stereocenters. The topological polar surface area (TPSA) is 98.0 Å². The van der Waals surface area contributed by atoms with E-state index in [-0.39, 0.29) is 11.5 Å². The second-order valence-electron chi connectivity index (χ2n) is 6.18. The van der Waals surface area contributed by atoms with Gasteiger partial charge in [0.15, 0.2) is 17.3 Å². The number of furan rings is 1. The molecular formula is C23H19O7-. The van der Waals surface area contributed by atoms with Crippen LogP contribution in [0.25, 0.3) is 17.4 Å². The number of hydrogen-bond donors (Lipinski definition) is 0. The van der Waals surface area contributed by atoms with Crippen LogP contribution in [-0.2, 0) is 0 Å². The van der Waals surface area contributed by atoms with E-state index in [4.69, 9.17) is 18.6 Å². The molecule has 2 aromatic carbocycles. The summed E-state index contributed by atoms with van der Waals surface area (Å²) in [7, 11) is 4.58. The number of benzene rings is 2.